The number of amides is 1. The van der Waals surface area contributed by atoms with Gasteiger partial charge >= 0.3 is 5.97 Å². The number of rotatable bonds is 4. The van der Waals surface area contributed by atoms with Crippen molar-refractivity contribution in [3.63, 3.8) is 0 Å². The molecule has 7 heteroatoms. The van der Waals surface area contributed by atoms with Crippen molar-refractivity contribution in [1.82, 2.24) is 0 Å². The van der Waals surface area contributed by atoms with Crippen LogP contribution in [0.1, 0.15) is 31.1 Å². The topological polar surface area (TPSA) is 83.5 Å². The smallest absolute Gasteiger partial charge is 0.337 e. The summed E-state index contributed by atoms with van der Waals surface area (Å²) in [7, 11) is 0. The minimum atomic E-state index is -1.20. The Balaban J connectivity index is 2.27. The summed E-state index contributed by atoms with van der Waals surface area (Å²) in [6.45, 7) is 0. The number of aldehydes is 1. The second-order valence-electron chi connectivity index (χ2n) is 4.31. The van der Waals surface area contributed by atoms with Crippen LogP contribution in [0, 0.1) is 0 Å². The molecule has 0 heterocycles. The van der Waals surface area contributed by atoms with Gasteiger partial charge in [0.1, 0.15) is 6.29 Å². The maximum absolute atomic E-state index is 12.1. The number of carboxylic acid groups (broad SMARTS) is 1. The first-order valence-corrected chi connectivity index (χ1v) is 6.77. The molecule has 0 saturated heterocycles. The molecule has 0 aromatic heterocycles. The Morgan fingerprint density at radius 3 is 2.32 bits per heavy atom. The number of hydrogen-bond acceptors (Lipinski definition) is 3. The highest BCUT2D eigenvalue weighted by molar-refractivity contribution is 6.35. The molecule has 0 bridgehead atoms. The fraction of sp³-hybridized carbons (Fsp3) is 0. The Bertz CT molecular complexity index is 774. The lowest BCUT2D eigenvalue weighted by molar-refractivity contribution is 0.0696. The monoisotopic (exact) mass is 337 g/mol. The minimum absolute atomic E-state index is 0.0684. The first kappa shape index (κ1) is 16.0. The van der Waals surface area contributed by atoms with Crippen molar-refractivity contribution in [1.29, 1.82) is 0 Å². The van der Waals surface area contributed by atoms with E-state index in [4.69, 9.17) is 28.3 Å². The van der Waals surface area contributed by atoms with Gasteiger partial charge in [-0.05, 0) is 30.3 Å². The maximum Gasteiger partial charge on any atom is 0.337 e. The van der Waals surface area contributed by atoms with Gasteiger partial charge in [0.15, 0.2) is 0 Å². The molecular formula is C15H9Cl2NO4. The van der Waals surface area contributed by atoms with Crippen molar-refractivity contribution in [3.05, 3.63) is 63.1 Å². The quantitative estimate of drug-likeness (QED) is 0.832. The zero-order valence-electron chi connectivity index (χ0n) is 11.0. The third-order valence-electron chi connectivity index (χ3n) is 2.83. The largest absolute Gasteiger partial charge is 0.478 e. The van der Waals surface area contributed by atoms with E-state index in [0.29, 0.717) is 11.8 Å². The number of halogens is 2. The summed E-state index contributed by atoms with van der Waals surface area (Å²) < 4.78 is 0. The van der Waals surface area contributed by atoms with Gasteiger partial charge in [0.2, 0.25) is 0 Å². The van der Waals surface area contributed by atoms with Crippen LogP contribution in [0.25, 0.3) is 0 Å². The fourth-order valence-corrected chi connectivity index (χ4v) is 2.23. The molecule has 5 nitrogen and oxygen atoms in total. The van der Waals surface area contributed by atoms with E-state index in [1.165, 1.54) is 36.4 Å². The van der Waals surface area contributed by atoms with Crippen LogP contribution >= 0.6 is 23.2 Å². The molecule has 1 amide bonds. The molecule has 0 radical (unpaired) electrons. The number of carbonyl (C=O) groups is 3. The molecule has 2 aromatic rings. The lowest BCUT2D eigenvalue weighted by atomic mass is 10.1. The Labute approximate surface area is 135 Å². The summed E-state index contributed by atoms with van der Waals surface area (Å²) in [6, 6.07) is 8.33. The van der Waals surface area contributed by atoms with Gasteiger partial charge < -0.3 is 10.4 Å². The standard InChI is InChI=1S/C15H9Cl2NO4/c16-12-4-2-9(6-11(12)15(21)22)18-14(20)10-3-1-8(7-19)5-13(10)17/h1-7H,(H,18,20)(H,21,22). The highest BCUT2D eigenvalue weighted by Crippen LogP contribution is 2.23. The van der Waals surface area contributed by atoms with Crippen LogP contribution < -0.4 is 5.32 Å². The molecule has 0 saturated carbocycles. The van der Waals surface area contributed by atoms with Crippen LogP contribution in [-0.4, -0.2) is 23.3 Å². The maximum atomic E-state index is 12.1. The van der Waals surface area contributed by atoms with Crippen LogP contribution in [0.4, 0.5) is 5.69 Å². The predicted molar refractivity (Wildman–Crippen MR) is 83.2 cm³/mol. The van der Waals surface area contributed by atoms with Crippen molar-refractivity contribution >= 4 is 47.1 Å². The molecule has 22 heavy (non-hydrogen) atoms. The van der Waals surface area contributed by atoms with Crippen molar-refractivity contribution in [2.45, 2.75) is 0 Å². The number of anilines is 1. The average molecular weight is 338 g/mol. The molecule has 0 aliphatic heterocycles. The van der Waals surface area contributed by atoms with E-state index < -0.39 is 11.9 Å². The van der Waals surface area contributed by atoms with E-state index >= 15 is 0 Å². The van der Waals surface area contributed by atoms with Gasteiger partial charge in [-0.1, -0.05) is 29.3 Å². The van der Waals surface area contributed by atoms with E-state index in [0.717, 1.165) is 0 Å². The van der Waals surface area contributed by atoms with Gasteiger partial charge in [0.05, 0.1) is 21.2 Å². The molecule has 0 fully saturated rings. The lowest BCUT2D eigenvalue weighted by Crippen LogP contribution is -2.13. The minimum Gasteiger partial charge on any atom is -0.478 e. The van der Waals surface area contributed by atoms with Crippen LogP contribution in [0.15, 0.2) is 36.4 Å². The van der Waals surface area contributed by atoms with Gasteiger partial charge in [0.25, 0.3) is 5.91 Å². The average Bonchev–Trinajstić information content (AvgIpc) is 2.48. The Hall–Kier alpha value is -2.37. The third-order valence-corrected chi connectivity index (χ3v) is 3.47. The first-order chi connectivity index (χ1) is 10.4. The summed E-state index contributed by atoms with van der Waals surface area (Å²) in [6.07, 6.45) is 0.617. The highest BCUT2D eigenvalue weighted by Gasteiger charge is 2.14. The van der Waals surface area contributed by atoms with Gasteiger partial charge in [-0.25, -0.2) is 4.79 Å². The predicted octanol–water partition coefficient (Wildman–Crippen LogP) is 3.76. The zero-order chi connectivity index (χ0) is 16.3. The highest BCUT2D eigenvalue weighted by atomic mass is 35.5. The molecule has 0 unspecified atom stereocenters. The number of carbonyl (C=O) groups excluding carboxylic acids is 2. The summed E-state index contributed by atoms with van der Waals surface area (Å²) in [5, 5.41) is 11.7. The molecule has 2 N–H and O–H groups in total. The van der Waals surface area contributed by atoms with E-state index in [1.54, 1.807) is 0 Å². The molecule has 0 aliphatic carbocycles. The lowest BCUT2D eigenvalue weighted by Gasteiger charge is -2.08. The van der Waals surface area contributed by atoms with Gasteiger partial charge in [-0.3, -0.25) is 9.59 Å². The number of benzene rings is 2. The molecule has 0 atom stereocenters. The summed E-state index contributed by atoms with van der Waals surface area (Å²) in [5.41, 5.74) is 0.657. The van der Waals surface area contributed by atoms with E-state index in [1.807, 2.05) is 0 Å². The second-order valence-corrected chi connectivity index (χ2v) is 5.13. The molecule has 0 spiro atoms. The van der Waals surface area contributed by atoms with E-state index in [2.05, 4.69) is 5.32 Å². The van der Waals surface area contributed by atoms with E-state index in [-0.39, 0.29) is 26.9 Å². The molecule has 112 valence electrons. The Morgan fingerprint density at radius 1 is 1.00 bits per heavy atom. The molecule has 2 aromatic carbocycles. The number of hydrogen-bond donors (Lipinski definition) is 2. The molecular weight excluding hydrogens is 329 g/mol. The summed E-state index contributed by atoms with van der Waals surface area (Å²) >= 11 is 11.7. The number of aromatic carboxylic acids is 1. The normalized spacial score (nSPS) is 10.1. The van der Waals surface area contributed by atoms with Crippen molar-refractivity contribution in [2.75, 3.05) is 5.32 Å². The number of carboxylic acids is 1. The van der Waals surface area contributed by atoms with Crippen LogP contribution in [0.3, 0.4) is 0 Å². The van der Waals surface area contributed by atoms with Crippen LogP contribution in [0.2, 0.25) is 10.0 Å². The molecule has 0 aliphatic rings. The van der Waals surface area contributed by atoms with E-state index in [9.17, 15) is 14.4 Å². The Kier molecular flexibility index (Phi) is 4.80. The third kappa shape index (κ3) is 3.44. The fourth-order valence-electron chi connectivity index (χ4n) is 1.75. The summed E-state index contributed by atoms with van der Waals surface area (Å²) in [4.78, 5) is 33.8. The van der Waals surface area contributed by atoms with Crippen LogP contribution in [0.5, 0.6) is 0 Å². The number of nitrogens with one attached hydrogen (secondary N) is 1. The van der Waals surface area contributed by atoms with Gasteiger partial charge in [-0.15, -0.1) is 0 Å². The SMILES string of the molecule is O=Cc1ccc(C(=O)Nc2ccc(Cl)c(C(=O)O)c2)c(Cl)c1. The molecule has 2 rings (SSSR count). The first-order valence-electron chi connectivity index (χ1n) is 6.01. The van der Waals surface area contributed by atoms with Crippen molar-refractivity contribution < 1.29 is 19.5 Å². The zero-order valence-corrected chi connectivity index (χ0v) is 12.5. The second kappa shape index (κ2) is 6.60. The van der Waals surface area contributed by atoms with Gasteiger partial charge in [0, 0.05) is 11.3 Å². The van der Waals surface area contributed by atoms with Crippen molar-refractivity contribution in [2.24, 2.45) is 0 Å². The van der Waals surface area contributed by atoms with Gasteiger partial charge in [-0.2, -0.15) is 0 Å². The van der Waals surface area contributed by atoms with Crippen molar-refractivity contribution in [3.8, 4) is 0 Å². The summed E-state index contributed by atoms with van der Waals surface area (Å²) in [5.74, 6) is -1.73. The van der Waals surface area contributed by atoms with Crippen LogP contribution in [-0.2, 0) is 0 Å². The Morgan fingerprint density at radius 2 is 1.73 bits per heavy atom.